The van der Waals surface area contributed by atoms with Crippen LogP contribution >= 0.6 is 11.8 Å². The summed E-state index contributed by atoms with van der Waals surface area (Å²) < 4.78 is 7.33. The molecule has 1 saturated carbocycles. The molecule has 140 valence electrons. The van der Waals surface area contributed by atoms with Crippen molar-refractivity contribution in [3.8, 4) is 5.75 Å². The predicted octanol–water partition coefficient (Wildman–Crippen LogP) is 2.94. The van der Waals surface area contributed by atoms with E-state index in [1.165, 1.54) is 24.6 Å². The Hall–Kier alpha value is -2.09. The topological polar surface area (TPSA) is 73.1 Å². The van der Waals surface area contributed by atoms with Crippen molar-refractivity contribution in [3.63, 3.8) is 0 Å². The minimum atomic E-state index is 0.0601. The van der Waals surface area contributed by atoms with Gasteiger partial charge in [0.05, 0.1) is 18.4 Å². The van der Waals surface area contributed by atoms with Crippen LogP contribution in [0.3, 0.4) is 0 Å². The molecule has 1 heterocycles. The normalized spacial score (nSPS) is 14.5. The number of carbonyl (C=O) groups is 1. The number of benzene rings is 1. The van der Waals surface area contributed by atoms with Crippen molar-refractivity contribution < 1.29 is 9.53 Å². The number of nitrogens with zero attached hydrogens (tertiary/aromatic N) is 5. The van der Waals surface area contributed by atoms with Crippen molar-refractivity contribution in [2.24, 2.45) is 0 Å². The third-order valence-electron chi connectivity index (χ3n) is 4.54. The third kappa shape index (κ3) is 4.75. The van der Waals surface area contributed by atoms with Gasteiger partial charge in [-0.25, -0.2) is 4.68 Å². The Kier molecular flexibility index (Phi) is 6.49. The van der Waals surface area contributed by atoms with Crippen LogP contribution < -0.4 is 4.74 Å². The van der Waals surface area contributed by atoms with Crippen molar-refractivity contribution >= 4 is 17.7 Å². The standard InChI is InChI=1S/C18H25N5O2S/c1-3-25-16-10-8-14(9-11-16)12-22(2)17(24)13-26-18-19-20-21-23(18)15-6-4-5-7-15/h8-11,15H,3-7,12-13H2,1-2H3. The zero-order chi connectivity index (χ0) is 18.4. The van der Waals surface area contributed by atoms with E-state index in [0.29, 0.717) is 24.9 Å². The fourth-order valence-corrected chi connectivity index (χ4v) is 4.00. The zero-order valence-corrected chi connectivity index (χ0v) is 16.1. The first-order valence-corrected chi connectivity index (χ1v) is 10.0. The first kappa shape index (κ1) is 18.7. The molecule has 1 fully saturated rings. The molecule has 0 unspecified atom stereocenters. The van der Waals surface area contributed by atoms with Crippen molar-refractivity contribution in [1.82, 2.24) is 25.1 Å². The molecule has 7 nitrogen and oxygen atoms in total. The molecule has 1 aromatic heterocycles. The second-order valence-corrected chi connectivity index (χ2v) is 7.40. The molecule has 0 atom stereocenters. The highest BCUT2D eigenvalue weighted by Crippen LogP contribution is 2.31. The summed E-state index contributed by atoms with van der Waals surface area (Å²) in [5.74, 6) is 1.24. The van der Waals surface area contributed by atoms with Gasteiger partial charge in [0, 0.05) is 13.6 Å². The highest BCUT2D eigenvalue weighted by atomic mass is 32.2. The number of hydrogen-bond acceptors (Lipinski definition) is 6. The number of rotatable bonds is 8. The van der Waals surface area contributed by atoms with Gasteiger partial charge in [-0.1, -0.05) is 36.7 Å². The van der Waals surface area contributed by atoms with Gasteiger partial charge in [-0.2, -0.15) is 0 Å². The molecule has 1 aromatic carbocycles. The van der Waals surface area contributed by atoms with E-state index in [4.69, 9.17) is 4.74 Å². The second kappa shape index (κ2) is 9.02. The summed E-state index contributed by atoms with van der Waals surface area (Å²) in [6.07, 6.45) is 4.67. The summed E-state index contributed by atoms with van der Waals surface area (Å²) >= 11 is 1.41. The summed E-state index contributed by atoms with van der Waals surface area (Å²) in [6.45, 7) is 3.18. The smallest absolute Gasteiger partial charge is 0.233 e. The summed E-state index contributed by atoms with van der Waals surface area (Å²) in [6, 6.07) is 8.22. The van der Waals surface area contributed by atoms with Crippen LogP contribution in [0.25, 0.3) is 0 Å². The molecule has 0 saturated heterocycles. The number of thioether (sulfide) groups is 1. The summed E-state index contributed by atoms with van der Waals surface area (Å²) in [5.41, 5.74) is 1.07. The van der Waals surface area contributed by atoms with E-state index in [2.05, 4.69) is 15.5 Å². The SMILES string of the molecule is CCOc1ccc(CN(C)C(=O)CSc2nnnn2C2CCCC2)cc1. The van der Waals surface area contributed by atoms with Crippen LogP contribution in [0.4, 0.5) is 0 Å². The average Bonchev–Trinajstić information content (AvgIpc) is 3.32. The quantitative estimate of drug-likeness (QED) is 0.661. The van der Waals surface area contributed by atoms with E-state index in [0.717, 1.165) is 29.3 Å². The Morgan fingerprint density at radius 1 is 1.31 bits per heavy atom. The van der Waals surface area contributed by atoms with Gasteiger partial charge in [-0.15, -0.1) is 5.10 Å². The summed E-state index contributed by atoms with van der Waals surface area (Å²) in [4.78, 5) is 14.2. The van der Waals surface area contributed by atoms with Gasteiger partial charge >= 0.3 is 0 Å². The van der Waals surface area contributed by atoms with E-state index >= 15 is 0 Å². The van der Waals surface area contributed by atoms with Gasteiger partial charge in [0.25, 0.3) is 0 Å². The molecule has 1 amide bonds. The minimum absolute atomic E-state index is 0.0601. The monoisotopic (exact) mass is 375 g/mol. The molecule has 0 aliphatic heterocycles. The summed E-state index contributed by atoms with van der Waals surface area (Å²) in [7, 11) is 1.82. The molecule has 0 radical (unpaired) electrons. The molecule has 1 aliphatic rings. The number of hydrogen-bond donors (Lipinski definition) is 0. The number of carbonyl (C=O) groups excluding carboxylic acids is 1. The molecule has 8 heteroatoms. The number of amides is 1. The lowest BCUT2D eigenvalue weighted by atomic mass is 10.2. The van der Waals surface area contributed by atoms with Crippen molar-refractivity contribution in [2.45, 2.75) is 50.4 Å². The van der Waals surface area contributed by atoms with Gasteiger partial charge in [0.15, 0.2) is 0 Å². The van der Waals surface area contributed by atoms with Crippen LogP contribution in [0.15, 0.2) is 29.4 Å². The third-order valence-corrected chi connectivity index (χ3v) is 5.46. The molecular weight excluding hydrogens is 350 g/mol. The van der Waals surface area contributed by atoms with Gasteiger partial charge < -0.3 is 9.64 Å². The van der Waals surface area contributed by atoms with Crippen LogP contribution in [-0.4, -0.2) is 50.4 Å². The second-order valence-electron chi connectivity index (χ2n) is 6.46. The Morgan fingerprint density at radius 2 is 2.04 bits per heavy atom. The Morgan fingerprint density at radius 3 is 2.73 bits per heavy atom. The maximum atomic E-state index is 12.4. The number of ether oxygens (including phenoxy) is 1. The van der Waals surface area contributed by atoms with Crippen LogP contribution in [0.1, 0.15) is 44.2 Å². The van der Waals surface area contributed by atoms with E-state index in [1.54, 1.807) is 4.90 Å². The predicted molar refractivity (Wildman–Crippen MR) is 100 cm³/mol. The van der Waals surface area contributed by atoms with E-state index in [1.807, 2.05) is 42.9 Å². The van der Waals surface area contributed by atoms with Crippen molar-refractivity contribution in [2.75, 3.05) is 19.4 Å². The molecule has 0 bridgehead atoms. The Labute approximate surface area is 158 Å². The molecule has 0 spiro atoms. The summed E-state index contributed by atoms with van der Waals surface area (Å²) in [5, 5.41) is 12.7. The first-order chi connectivity index (χ1) is 12.7. The highest BCUT2D eigenvalue weighted by Gasteiger charge is 2.22. The van der Waals surface area contributed by atoms with Gasteiger partial charge in [0.2, 0.25) is 11.1 Å². The Balaban J connectivity index is 1.51. The first-order valence-electron chi connectivity index (χ1n) is 9.03. The number of tetrazole rings is 1. The lowest BCUT2D eigenvalue weighted by molar-refractivity contribution is -0.127. The maximum Gasteiger partial charge on any atom is 0.233 e. The van der Waals surface area contributed by atoms with Crippen molar-refractivity contribution in [3.05, 3.63) is 29.8 Å². The fourth-order valence-electron chi connectivity index (χ4n) is 3.11. The van der Waals surface area contributed by atoms with Crippen molar-refractivity contribution in [1.29, 1.82) is 0 Å². The molecule has 3 rings (SSSR count). The lowest BCUT2D eigenvalue weighted by Crippen LogP contribution is -2.28. The molecule has 2 aromatic rings. The fraction of sp³-hybridized carbons (Fsp3) is 0.556. The zero-order valence-electron chi connectivity index (χ0n) is 15.3. The van der Waals surface area contributed by atoms with E-state index in [9.17, 15) is 4.79 Å². The van der Waals surface area contributed by atoms with E-state index < -0.39 is 0 Å². The van der Waals surface area contributed by atoms with E-state index in [-0.39, 0.29) is 5.91 Å². The van der Waals surface area contributed by atoms with Gasteiger partial charge in [-0.3, -0.25) is 4.79 Å². The average molecular weight is 375 g/mol. The largest absolute Gasteiger partial charge is 0.494 e. The van der Waals surface area contributed by atoms with Gasteiger partial charge in [0.1, 0.15) is 5.75 Å². The lowest BCUT2D eigenvalue weighted by Gasteiger charge is -2.17. The Bertz CT molecular complexity index is 713. The molecule has 1 aliphatic carbocycles. The molecule has 26 heavy (non-hydrogen) atoms. The molecular formula is C18H25N5O2S. The molecule has 0 N–H and O–H groups in total. The van der Waals surface area contributed by atoms with Crippen LogP contribution in [-0.2, 0) is 11.3 Å². The number of aromatic nitrogens is 4. The van der Waals surface area contributed by atoms with Crippen LogP contribution in [0.5, 0.6) is 5.75 Å². The maximum absolute atomic E-state index is 12.4. The van der Waals surface area contributed by atoms with Crippen LogP contribution in [0.2, 0.25) is 0 Å². The van der Waals surface area contributed by atoms with Crippen LogP contribution in [0, 0.1) is 0 Å². The van der Waals surface area contributed by atoms with Gasteiger partial charge in [-0.05, 0) is 47.9 Å². The minimum Gasteiger partial charge on any atom is -0.494 e. The highest BCUT2D eigenvalue weighted by molar-refractivity contribution is 7.99.